The molecule has 0 saturated heterocycles. The largest absolute Gasteiger partial charge is 0.154 e. The average Bonchev–Trinajstić information content (AvgIpc) is 3.15. The Hall–Kier alpha value is -2.66. The molecule has 1 aliphatic heterocycles. The first kappa shape index (κ1) is 20.1. The monoisotopic (exact) mass is 370 g/mol. The fourth-order valence-corrected chi connectivity index (χ4v) is 3.57. The van der Waals surface area contributed by atoms with Crippen molar-refractivity contribution in [2.24, 2.45) is 15.6 Å². The molecule has 3 rings (SSSR count). The Morgan fingerprint density at radius 1 is 0.964 bits per heavy atom. The number of aryl methyl sites for hydroxylation is 1. The lowest BCUT2D eigenvalue weighted by Crippen LogP contribution is -2.10. The molecular weight excluding hydrogens is 340 g/mol. The Kier molecular flexibility index (Phi) is 6.15. The van der Waals surface area contributed by atoms with Crippen molar-refractivity contribution in [3.8, 4) is 12.3 Å². The van der Waals surface area contributed by atoms with E-state index >= 15 is 0 Å². The van der Waals surface area contributed by atoms with Crippen LogP contribution in [0.25, 0.3) is 0 Å². The summed E-state index contributed by atoms with van der Waals surface area (Å²) in [6.45, 7) is 8.99. The standard InChI is InChI=1S/C26H30N2/c1-6-8-9-21-14-15-23(16-20(21)7-2)25-17-24(27-28-25)22-12-10-19(11-13-22)18-26(3,4)5/h2,10-16H,6,8-9,17-18H2,1,3-5H3. The summed E-state index contributed by atoms with van der Waals surface area (Å²) in [5, 5.41) is 8.90. The molecule has 1 aliphatic rings. The molecule has 2 aromatic carbocycles. The van der Waals surface area contributed by atoms with Gasteiger partial charge in [0.05, 0.1) is 11.4 Å². The quantitative estimate of drug-likeness (QED) is 0.541. The van der Waals surface area contributed by atoms with E-state index in [1.54, 1.807) is 0 Å². The summed E-state index contributed by atoms with van der Waals surface area (Å²) in [4.78, 5) is 0. The number of benzene rings is 2. The Bertz CT molecular complexity index is 932. The van der Waals surface area contributed by atoms with Crippen LogP contribution < -0.4 is 0 Å². The van der Waals surface area contributed by atoms with E-state index in [9.17, 15) is 0 Å². The second-order valence-electron chi connectivity index (χ2n) is 8.82. The van der Waals surface area contributed by atoms with Gasteiger partial charge in [-0.05, 0) is 53.0 Å². The smallest absolute Gasteiger partial charge is 0.0763 e. The first-order valence-electron chi connectivity index (χ1n) is 10.2. The zero-order valence-corrected chi connectivity index (χ0v) is 17.5. The third kappa shape index (κ3) is 4.98. The minimum absolute atomic E-state index is 0.292. The molecule has 0 amide bonds. The highest BCUT2D eigenvalue weighted by Crippen LogP contribution is 2.23. The van der Waals surface area contributed by atoms with Gasteiger partial charge in [0.2, 0.25) is 0 Å². The highest BCUT2D eigenvalue weighted by molar-refractivity contribution is 6.20. The molecule has 0 atom stereocenters. The lowest BCUT2D eigenvalue weighted by atomic mass is 9.87. The molecule has 0 unspecified atom stereocenters. The van der Waals surface area contributed by atoms with Gasteiger partial charge in [-0.2, -0.15) is 10.2 Å². The van der Waals surface area contributed by atoms with E-state index < -0.39 is 0 Å². The summed E-state index contributed by atoms with van der Waals surface area (Å²) in [6.07, 6.45) is 10.9. The van der Waals surface area contributed by atoms with Gasteiger partial charge in [0.25, 0.3) is 0 Å². The van der Waals surface area contributed by atoms with Crippen molar-refractivity contribution < 1.29 is 0 Å². The van der Waals surface area contributed by atoms with Crippen molar-refractivity contribution in [1.82, 2.24) is 0 Å². The van der Waals surface area contributed by atoms with Crippen LogP contribution in [0.4, 0.5) is 0 Å². The fraction of sp³-hybridized carbons (Fsp3) is 0.385. The molecule has 0 spiro atoms. The summed E-state index contributed by atoms with van der Waals surface area (Å²) < 4.78 is 0. The molecule has 0 aliphatic carbocycles. The van der Waals surface area contributed by atoms with Crippen molar-refractivity contribution in [2.75, 3.05) is 0 Å². The number of hydrogen-bond donors (Lipinski definition) is 0. The second kappa shape index (κ2) is 8.57. The molecule has 0 N–H and O–H groups in total. The summed E-state index contributed by atoms with van der Waals surface area (Å²) in [5.74, 6) is 2.84. The highest BCUT2D eigenvalue weighted by atomic mass is 15.2. The zero-order chi connectivity index (χ0) is 20.1. The van der Waals surface area contributed by atoms with Crippen molar-refractivity contribution in [2.45, 2.75) is 59.8 Å². The molecule has 0 fully saturated rings. The molecular formula is C26H30N2. The van der Waals surface area contributed by atoms with Crippen LogP contribution in [0.1, 0.15) is 74.8 Å². The average molecular weight is 371 g/mol. The molecule has 0 bridgehead atoms. The number of nitrogens with zero attached hydrogens (tertiary/aromatic N) is 2. The van der Waals surface area contributed by atoms with Crippen LogP contribution in [0.15, 0.2) is 52.7 Å². The lowest BCUT2D eigenvalue weighted by molar-refractivity contribution is 0.411. The maximum atomic E-state index is 5.75. The molecule has 28 heavy (non-hydrogen) atoms. The first-order chi connectivity index (χ1) is 13.4. The maximum Gasteiger partial charge on any atom is 0.0763 e. The highest BCUT2D eigenvalue weighted by Gasteiger charge is 2.18. The molecule has 2 aromatic rings. The Labute approximate surface area is 169 Å². The van der Waals surface area contributed by atoms with Crippen molar-refractivity contribution in [3.63, 3.8) is 0 Å². The summed E-state index contributed by atoms with van der Waals surface area (Å²) in [6, 6.07) is 15.1. The minimum Gasteiger partial charge on any atom is -0.154 e. The molecule has 1 heterocycles. The maximum absolute atomic E-state index is 5.75. The fourth-order valence-electron chi connectivity index (χ4n) is 3.57. The second-order valence-corrected chi connectivity index (χ2v) is 8.82. The molecule has 0 radical (unpaired) electrons. The minimum atomic E-state index is 0.292. The van der Waals surface area contributed by atoms with Crippen LogP contribution in [-0.2, 0) is 12.8 Å². The van der Waals surface area contributed by atoms with E-state index in [1.165, 1.54) is 17.5 Å². The SMILES string of the molecule is C#Cc1cc(C2=NN=C(c3ccc(CC(C)(C)C)cc3)C2)ccc1CCCC. The van der Waals surface area contributed by atoms with Crippen LogP contribution in [0.5, 0.6) is 0 Å². The van der Waals surface area contributed by atoms with Gasteiger partial charge < -0.3 is 0 Å². The van der Waals surface area contributed by atoms with Crippen LogP contribution in [-0.4, -0.2) is 11.4 Å². The third-order valence-corrected chi connectivity index (χ3v) is 5.05. The number of terminal acetylenes is 1. The van der Waals surface area contributed by atoms with E-state index in [1.807, 2.05) is 0 Å². The van der Waals surface area contributed by atoms with Gasteiger partial charge in [-0.1, -0.05) is 76.4 Å². The number of hydrogen-bond acceptors (Lipinski definition) is 2. The normalized spacial score (nSPS) is 13.8. The zero-order valence-electron chi connectivity index (χ0n) is 17.5. The molecule has 144 valence electrons. The summed E-state index contributed by atoms with van der Waals surface area (Å²) in [7, 11) is 0. The van der Waals surface area contributed by atoms with E-state index in [4.69, 9.17) is 6.42 Å². The van der Waals surface area contributed by atoms with Crippen LogP contribution in [0.2, 0.25) is 0 Å². The Morgan fingerprint density at radius 3 is 2.21 bits per heavy atom. The number of rotatable bonds is 6. The summed E-state index contributed by atoms with van der Waals surface area (Å²) in [5.41, 5.74) is 8.13. The number of unbranched alkanes of at least 4 members (excludes halogenated alkanes) is 1. The van der Waals surface area contributed by atoms with Crippen LogP contribution >= 0.6 is 0 Å². The lowest BCUT2D eigenvalue weighted by Gasteiger charge is -2.18. The van der Waals surface area contributed by atoms with Crippen LogP contribution in [0, 0.1) is 17.8 Å². The van der Waals surface area contributed by atoms with Crippen molar-refractivity contribution >= 4 is 11.4 Å². The Balaban J connectivity index is 1.70. The molecule has 0 aromatic heterocycles. The van der Waals surface area contributed by atoms with E-state index in [-0.39, 0.29) is 0 Å². The van der Waals surface area contributed by atoms with Gasteiger partial charge in [-0.3, -0.25) is 0 Å². The van der Waals surface area contributed by atoms with Crippen LogP contribution in [0.3, 0.4) is 0 Å². The summed E-state index contributed by atoms with van der Waals surface area (Å²) >= 11 is 0. The Morgan fingerprint density at radius 2 is 1.61 bits per heavy atom. The van der Waals surface area contributed by atoms with Gasteiger partial charge in [-0.15, -0.1) is 6.42 Å². The van der Waals surface area contributed by atoms with Crippen molar-refractivity contribution in [3.05, 3.63) is 70.3 Å². The third-order valence-electron chi connectivity index (χ3n) is 5.05. The van der Waals surface area contributed by atoms with E-state index in [0.29, 0.717) is 5.41 Å². The molecule has 2 nitrogen and oxygen atoms in total. The van der Waals surface area contributed by atoms with Gasteiger partial charge in [0.15, 0.2) is 0 Å². The predicted octanol–water partition coefficient (Wildman–Crippen LogP) is 6.20. The molecule has 0 saturated carbocycles. The predicted molar refractivity (Wildman–Crippen MR) is 120 cm³/mol. The first-order valence-corrected chi connectivity index (χ1v) is 10.2. The van der Waals surface area contributed by atoms with Gasteiger partial charge in [0.1, 0.15) is 0 Å². The van der Waals surface area contributed by atoms with Crippen molar-refractivity contribution in [1.29, 1.82) is 0 Å². The van der Waals surface area contributed by atoms with E-state index in [0.717, 1.165) is 53.8 Å². The van der Waals surface area contributed by atoms with Gasteiger partial charge in [0, 0.05) is 12.0 Å². The van der Waals surface area contributed by atoms with Gasteiger partial charge >= 0.3 is 0 Å². The van der Waals surface area contributed by atoms with Gasteiger partial charge in [-0.25, -0.2) is 0 Å². The topological polar surface area (TPSA) is 24.7 Å². The molecule has 2 heteroatoms. The van der Waals surface area contributed by atoms with E-state index in [2.05, 4.69) is 86.3 Å².